The SMILES string of the molecule is CC(N)(CN1CCCc2ccccc2C1)C(N)=O. The van der Waals surface area contributed by atoms with Crippen LogP contribution in [0.25, 0.3) is 0 Å². The topological polar surface area (TPSA) is 72.3 Å². The molecular weight excluding hydrogens is 226 g/mol. The number of nitrogens with two attached hydrogens (primary N) is 2. The molecule has 1 heterocycles. The van der Waals surface area contributed by atoms with Crippen molar-refractivity contribution in [2.75, 3.05) is 13.1 Å². The Balaban J connectivity index is 2.11. The fourth-order valence-corrected chi connectivity index (χ4v) is 2.45. The van der Waals surface area contributed by atoms with Crippen molar-refractivity contribution in [3.05, 3.63) is 35.4 Å². The number of rotatable bonds is 3. The van der Waals surface area contributed by atoms with Crippen LogP contribution in [0, 0.1) is 0 Å². The highest BCUT2D eigenvalue weighted by atomic mass is 16.1. The monoisotopic (exact) mass is 247 g/mol. The summed E-state index contributed by atoms with van der Waals surface area (Å²) in [6.45, 7) is 4.01. The number of carbonyl (C=O) groups excluding carboxylic acids is 1. The van der Waals surface area contributed by atoms with Gasteiger partial charge in [-0.05, 0) is 37.4 Å². The van der Waals surface area contributed by atoms with Crippen LogP contribution < -0.4 is 11.5 Å². The molecule has 1 atom stereocenters. The van der Waals surface area contributed by atoms with Crippen molar-refractivity contribution in [1.29, 1.82) is 0 Å². The Kier molecular flexibility index (Phi) is 3.68. The van der Waals surface area contributed by atoms with Crippen LogP contribution in [0.3, 0.4) is 0 Å². The van der Waals surface area contributed by atoms with Crippen LogP contribution in [-0.4, -0.2) is 29.4 Å². The quantitative estimate of drug-likeness (QED) is 0.823. The Morgan fingerprint density at radius 3 is 2.72 bits per heavy atom. The largest absolute Gasteiger partial charge is 0.368 e. The predicted molar refractivity (Wildman–Crippen MR) is 71.8 cm³/mol. The van der Waals surface area contributed by atoms with Crippen LogP contribution in [-0.2, 0) is 17.8 Å². The number of fused-ring (bicyclic) bond motifs is 1. The van der Waals surface area contributed by atoms with Gasteiger partial charge in [0.05, 0.1) is 0 Å². The summed E-state index contributed by atoms with van der Waals surface area (Å²) in [6.07, 6.45) is 2.18. The van der Waals surface area contributed by atoms with Gasteiger partial charge in [-0.1, -0.05) is 24.3 Å². The van der Waals surface area contributed by atoms with E-state index >= 15 is 0 Å². The van der Waals surface area contributed by atoms with E-state index in [1.807, 2.05) is 0 Å². The van der Waals surface area contributed by atoms with Gasteiger partial charge in [0.1, 0.15) is 5.54 Å². The van der Waals surface area contributed by atoms with Gasteiger partial charge >= 0.3 is 0 Å². The van der Waals surface area contributed by atoms with Crippen molar-refractivity contribution in [2.24, 2.45) is 11.5 Å². The molecule has 1 aliphatic heterocycles. The molecule has 0 fully saturated rings. The molecule has 4 heteroatoms. The second-order valence-electron chi connectivity index (χ2n) is 5.36. The van der Waals surface area contributed by atoms with Crippen LogP contribution >= 0.6 is 0 Å². The molecule has 0 saturated carbocycles. The number of hydrogen-bond acceptors (Lipinski definition) is 3. The number of nitrogens with zero attached hydrogens (tertiary/aromatic N) is 1. The minimum Gasteiger partial charge on any atom is -0.368 e. The molecule has 0 aromatic heterocycles. The summed E-state index contributed by atoms with van der Waals surface area (Å²) < 4.78 is 0. The number of hydrogen-bond donors (Lipinski definition) is 2. The molecule has 2 rings (SSSR count). The maximum Gasteiger partial charge on any atom is 0.238 e. The van der Waals surface area contributed by atoms with Gasteiger partial charge in [0, 0.05) is 13.1 Å². The van der Waals surface area contributed by atoms with Gasteiger partial charge in [0.15, 0.2) is 0 Å². The molecule has 1 aromatic rings. The Labute approximate surface area is 108 Å². The first-order chi connectivity index (χ1) is 8.49. The molecule has 1 aromatic carbocycles. The number of primary amides is 1. The van der Waals surface area contributed by atoms with Crippen LogP contribution in [0.4, 0.5) is 0 Å². The van der Waals surface area contributed by atoms with Gasteiger partial charge in [0.2, 0.25) is 5.91 Å². The molecule has 0 bridgehead atoms. The van der Waals surface area contributed by atoms with E-state index in [1.165, 1.54) is 11.1 Å². The van der Waals surface area contributed by atoms with E-state index in [4.69, 9.17) is 11.5 Å². The van der Waals surface area contributed by atoms with E-state index in [1.54, 1.807) is 6.92 Å². The second-order valence-corrected chi connectivity index (χ2v) is 5.36. The fourth-order valence-electron chi connectivity index (χ4n) is 2.45. The maximum atomic E-state index is 11.3. The minimum atomic E-state index is -0.959. The zero-order valence-electron chi connectivity index (χ0n) is 10.9. The third-order valence-electron chi connectivity index (χ3n) is 3.55. The van der Waals surface area contributed by atoms with E-state index in [0.29, 0.717) is 6.54 Å². The van der Waals surface area contributed by atoms with E-state index in [9.17, 15) is 4.79 Å². The summed E-state index contributed by atoms with van der Waals surface area (Å²) in [4.78, 5) is 13.5. The molecule has 98 valence electrons. The average molecular weight is 247 g/mol. The van der Waals surface area contributed by atoms with Crippen molar-refractivity contribution in [2.45, 2.75) is 31.8 Å². The number of carbonyl (C=O) groups is 1. The lowest BCUT2D eigenvalue weighted by Crippen LogP contribution is -2.56. The van der Waals surface area contributed by atoms with Gasteiger partial charge in [-0.3, -0.25) is 9.69 Å². The molecule has 0 radical (unpaired) electrons. The van der Waals surface area contributed by atoms with Crippen molar-refractivity contribution in [1.82, 2.24) is 4.90 Å². The lowest BCUT2D eigenvalue weighted by molar-refractivity contribution is -0.123. The standard InChI is InChI=1S/C14H21N3O/c1-14(16,13(15)18)10-17-8-4-7-11-5-2-3-6-12(11)9-17/h2-3,5-6H,4,7-10,16H2,1H3,(H2,15,18). The second kappa shape index (κ2) is 5.08. The Morgan fingerprint density at radius 1 is 1.39 bits per heavy atom. The lowest BCUT2D eigenvalue weighted by Gasteiger charge is -2.29. The zero-order valence-corrected chi connectivity index (χ0v) is 10.9. The highest BCUT2D eigenvalue weighted by Gasteiger charge is 2.29. The smallest absolute Gasteiger partial charge is 0.238 e. The van der Waals surface area contributed by atoms with Gasteiger partial charge in [0.25, 0.3) is 0 Å². The Morgan fingerprint density at radius 2 is 2.06 bits per heavy atom. The van der Waals surface area contributed by atoms with Crippen molar-refractivity contribution in [3.63, 3.8) is 0 Å². The molecule has 4 nitrogen and oxygen atoms in total. The van der Waals surface area contributed by atoms with Crippen molar-refractivity contribution < 1.29 is 4.79 Å². The number of aryl methyl sites for hydroxylation is 1. The summed E-state index contributed by atoms with van der Waals surface area (Å²) in [5.41, 5.74) is 13.0. The van der Waals surface area contributed by atoms with Gasteiger partial charge in [-0.2, -0.15) is 0 Å². The molecular formula is C14H21N3O. The first-order valence-electron chi connectivity index (χ1n) is 6.37. The first-order valence-corrected chi connectivity index (χ1v) is 6.37. The van der Waals surface area contributed by atoms with Gasteiger partial charge < -0.3 is 11.5 Å². The third kappa shape index (κ3) is 2.89. The van der Waals surface area contributed by atoms with E-state index in [0.717, 1.165) is 25.9 Å². The van der Waals surface area contributed by atoms with E-state index < -0.39 is 11.4 Å². The van der Waals surface area contributed by atoms with E-state index in [-0.39, 0.29) is 0 Å². The van der Waals surface area contributed by atoms with Crippen molar-refractivity contribution >= 4 is 5.91 Å². The highest BCUT2D eigenvalue weighted by molar-refractivity contribution is 5.84. The lowest BCUT2D eigenvalue weighted by atomic mass is 10.0. The normalized spacial score (nSPS) is 19.7. The number of benzene rings is 1. The molecule has 18 heavy (non-hydrogen) atoms. The number of amides is 1. The zero-order chi connectivity index (χ0) is 13.2. The van der Waals surface area contributed by atoms with Crippen LogP contribution in [0.5, 0.6) is 0 Å². The Hall–Kier alpha value is -1.39. The van der Waals surface area contributed by atoms with Crippen molar-refractivity contribution in [3.8, 4) is 0 Å². The molecule has 0 aliphatic carbocycles. The van der Waals surface area contributed by atoms with Crippen LogP contribution in [0.2, 0.25) is 0 Å². The van der Waals surface area contributed by atoms with Gasteiger partial charge in [-0.25, -0.2) is 0 Å². The third-order valence-corrected chi connectivity index (χ3v) is 3.55. The average Bonchev–Trinajstić information content (AvgIpc) is 2.49. The first kappa shape index (κ1) is 13.1. The van der Waals surface area contributed by atoms with E-state index in [2.05, 4.69) is 29.2 Å². The molecule has 0 saturated heterocycles. The summed E-state index contributed by atoms with van der Waals surface area (Å²) in [5.74, 6) is -0.444. The predicted octanol–water partition coefficient (Wildman–Crippen LogP) is 0.637. The maximum absolute atomic E-state index is 11.3. The van der Waals surface area contributed by atoms with Gasteiger partial charge in [-0.15, -0.1) is 0 Å². The molecule has 4 N–H and O–H groups in total. The fraction of sp³-hybridized carbons (Fsp3) is 0.500. The highest BCUT2D eigenvalue weighted by Crippen LogP contribution is 2.19. The van der Waals surface area contributed by atoms with Crippen LogP contribution in [0.1, 0.15) is 24.5 Å². The molecule has 1 amide bonds. The minimum absolute atomic E-state index is 0.444. The summed E-state index contributed by atoms with van der Waals surface area (Å²) in [5, 5.41) is 0. The molecule has 0 spiro atoms. The molecule has 1 unspecified atom stereocenters. The summed E-state index contributed by atoms with van der Waals surface area (Å²) in [6, 6.07) is 8.45. The Bertz CT molecular complexity index is 442. The molecule has 1 aliphatic rings. The summed E-state index contributed by atoms with van der Waals surface area (Å²) in [7, 11) is 0. The summed E-state index contributed by atoms with van der Waals surface area (Å²) >= 11 is 0. The van der Waals surface area contributed by atoms with Crippen LogP contribution in [0.15, 0.2) is 24.3 Å².